The van der Waals surface area contributed by atoms with Crippen LogP contribution in [0.5, 0.6) is 0 Å². The zero-order valence-corrected chi connectivity index (χ0v) is 15.2. The van der Waals surface area contributed by atoms with Gasteiger partial charge in [0, 0.05) is 19.5 Å². The van der Waals surface area contributed by atoms with E-state index in [1.54, 1.807) is 11.8 Å². The molecule has 0 spiro atoms. The molecule has 2 unspecified atom stereocenters. The summed E-state index contributed by atoms with van der Waals surface area (Å²) >= 11 is 0. The van der Waals surface area contributed by atoms with Gasteiger partial charge in [-0.25, -0.2) is 0 Å². The Labute approximate surface area is 144 Å². The van der Waals surface area contributed by atoms with Gasteiger partial charge in [-0.3, -0.25) is 9.59 Å². The number of carbonyl (C=O) groups is 2. The molecule has 1 amide bonds. The van der Waals surface area contributed by atoms with E-state index in [1.807, 2.05) is 0 Å². The van der Waals surface area contributed by atoms with Gasteiger partial charge in [0.1, 0.15) is 0 Å². The van der Waals surface area contributed by atoms with Crippen LogP contribution in [0.1, 0.15) is 69.9 Å². The van der Waals surface area contributed by atoms with Crippen molar-refractivity contribution >= 4 is 11.9 Å². The molecule has 1 aliphatic rings. The maximum Gasteiger partial charge on any atom is 0.311 e. The zero-order chi connectivity index (χ0) is 17.9. The lowest BCUT2D eigenvalue weighted by molar-refractivity contribution is -0.153. The molecule has 4 nitrogen and oxygen atoms in total. The van der Waals surface area contributed by atoms with Crippen LogP contribution in [0.15, 0.2) is 24.3 Å². The molecule has 0 saturated carbocycles. The van der Waals surface area contributed by atoms with Crippen molar-refractivity contribution in [3.05, 3.63) is 35.4 Å². The van der Waals surface area contributed by atoms with Crippen molar-refractivity contribution in [3.63, 3.8) is 0 Å². The van der Waals surface area contributed by atoms with E-state index in [0.29, 0.717) is 31.8 Å². The number of carbonyl (C=O) groups excluding carboxylic acids is 1. The third-order valence-corrected chi connectivity index (χ3v) is 5.22. The van der Waals surface area contributed by atoms with Gasteiger partial charge in [0.25, 0.3) is 0 Å². The van der Waals surface area contributed by atoms with Gasteiger partial charge in [0.05, 0.1) is 5.41 Å². The smallest absolute Gasteiger partial charge is 0.311 e. The largest absolute Gasteiger partial charge is 0.481 e. The maximum atomic E-state index is 12.6. The minimum Gasteiger partial charge on any atom is -0.481 e. The van der Waals surface area contributed by atoms with Gasteiger partial charge in [-0.2, -0.15) is 0 Å². The van der Waals surface area contributed by atoms with Crippen molar-refractivity contribution in [1.82, 2.24) is 4.90 Å². The van der Waals surface area contributed by atoms with Gasteiger partial charge >= 0.3 is 5.97 Å². The summed E-state index contributed by atoms with van der Waals surface area (Å²) in [7, 11) is 0. The number of piperidine rings is 1. The number of carboxylic acid groups (broad SMARTS) is 1. The normalized spacial score (nSPS) is 22.5. The highest BCUT2D eigenvalue weighted by Gasteiger charge is 2.39. The number of likely N-dealkylation sites (tertiary alicyclic amines) is 1. The highest BCUT2D eigenvalue weighted by molar-refractivity contribution is 5.80. The first-order chi connectivity index (χ1) is 11.2. The lowest BCUT2D eigenvalue weighted by Gasteiger charge is -2.38. The van der Waals surface area contributed by atoms with Crippen molar-refractivity contribution in [3.8, 4) is 0 Å². The molecule has 0 aliphatic carbocycles. The Hall–Kier alpha value is -1.84. The van der Waals surface area contributed by atoms with E-state index in [9.17, 15) is 14.7 Å². The van der Waals surface area contributed by atoms with Crippen LogP contribution in [0, 0.1) is 5.41 Å². The Morgan fingerprint density at radius 1 is 1.17 bits per heavy atom. The number of benzene rings is 1. The molecule has 4 heteroatoms. The van der Waals surface area contributed by atoms with Gasteiger partial charge in [-0.05, 0) is 42.7 Å². The lowest BCUT2D eigenvalue weighted by Crippen LogP contribution is -2.48. The molecular weight excluding hydrogens is 302 g/mol. The Morgan fingerprint density at radius 3 is 2.29 bits per heavy atom. The zero-order valence-electron chi connectivity index (χ0n) is 15.2. The van der Waals surface area contributed by atoms with Gasteiger partial charge < -0.3 is 10.0 Å². The predicted octanol–water partition coefficient (Wildman–Crippen LogP) is 4.02. The SMILES string of the molecule is CC(C)c1ccc(C(C)CC(=O)N2CCCC(C)(C(=O)O)C2)cc1. The monoisotopic (exact) mass is 331 g/mol. The molecule has 0 aromatic heterocycles. The third-order valence-electron chi connectivity index (χ3n) is 5.22. The maximum absolute atomic E-state index is 12.6. The van der Waals surface area contributed by atoms with E-state index in [2.05, 4.69) is 45.0 Å². The third kappa shape index (κ3) is 4.16. The highest BCUT2D eigenvalue weighted by atomic mass is 16.4. The van der Waals surface area contributed by atoms with Crippen molar-refractivity contribution in [2.24, 2.45) is 5.41 Å². The van der Waals surface area contributed by atoms with E-state index >= 15 is 0 Å². The van der Waals surface area contributed by atoms with Gasteiger partial charge in [-0.15, -0.1) is 0 Å². The van der Waals surface area contributed by atoms with Crippen LogP contribution in [0.25, 0.3) is 0 Å². The average Bonchev–Trinajstić information content (AvgIpc) is 2.54. The first-order valence-corrected chi connectivity index (χ1v) is 8.84. The van der Waals surface area contributed by atoms with Crippen molar-refractivity contribution in [2.75, 3.05) is 13.1 Å². The van der Waals surface area contributed by atoms with Crippen LogP contribution >= 0.6 is 0 Å². The van der Waals surface area contributed by atoms with E-state index < -0.39 is 11.4 Å². The van der Waals surface area contributed by atoms with Crippen LogP contribution < -0.4 is 0 Å². The summed E-state index contributed by atoms with van der Waals surface area (Å²) in [5.41, 5.74) is 1.65. The summed E-state index contributed by atoms with van der Waals surface area (Å²) in [6.45, 7) is 9.11. The van der Waals surface area contributed by atoms with Crippen LogP contribution in [0.4, 0.5) is 0 Å². The van der Waals surface area contributed by atoms with Crippen LogP contribution in [-0.2, 0) is 9.59 Å². The quantitative estimate of drug-likeness (QED) is 0.886. The molecule has 1 N–H and O–H groups in total. The Balaban J connectivity index is 1.99. The molecular formula is C20H29NO3. The molecule has 1 saturated heterocycles. The summed E-state index contributed by atoms with van der Waals surface area (Å²) < 4.78 is 0. The number of carboxylic acids is 1. The second-order valence-electron chi connectivity index (χ2n) is 7.71. The van der Waals surface area contributed by atoms with Crippen LogP contribution in [-0.4, -0.2) is 35.0 Å². The number of aliphatic carboxylic acids is 1. The summed E-state index contributed by atoms with van der Waals surface area (Å²) in [6.07, 6.45) is 1.82. The number of nitrogens with zero attached hydrogens (tertiary/aromatic N) is 1. The number of hydrogen-bond donors (Lipinski definition) is 1. The average molecular weight is 331 g/mol. The van der Waals surface area contributed by atoms with E-state index in [-0.39, 0.29) is 11.8 Å². The molecule has 1 aromatic rings. The van der Waals surface area contributed by atoms with Crippen molar-refractivity contribution < 1.29 is 14.7 Å². The minimum atomic E-state index is -0.809. The second-order valence-corrected chi connectivity index (χ2v) is 7.71. The molecule has 24 heavy (non-hydrogen) atoms. The van der Waals surface area contributed by atoms with Gasteiger partial charge in [-0.1, -0.05) is 45.0 Å². The first-order valence-electron chi connectivity index (χ1n) is 8.84. The van der Waals surface area contributed by atoms with E-state index in [4.69, 9.17) is 0 Å². The summed E-state index contributed by atoms with van der Waals surface area (Å²) in [4.78, 5) is 25.8. The molecule has 0 bridgehead atoms. The Bertz CT molecular complexity index is 593. The van der Waals surface area contributed by atoms with Gasteiger partial charge in [0.2, 0.25) is 5.91 Å². The molecule has 132 valence electrons. The second kappa shape index (κ2) is 7.37. The number of rotatable bonds is 5. The molecule has 0 radical (unpaired) electrons. The van der Waals surface area contributed by atoms with Crippen molar-refractivity contribution in [2.45, 2.75) is 58.8 Å². The predicted molar refractivity (Wildman–Crippen MR) is 95.1 cm³/mol. The number of hydrogen-bond acceptors (Lipinski definition) is 2. The standard InChI is InChI=1S/C20H29NO3/c1-14(2)16-6-8-17(9-7-16)15(3)12-18(22)21-11-5-10-20(4,13-21)19(23)24/h6-9,14-15H,5,10-13H2,1-4H3,(H,23,24). The molecule has 2 atom stereocenters. The molecule has 1 heterocycles. The molecule has 1 aromatic carbocycles. The fourth-order valence-corrected chi connectivity index (χ4v) is 3.35. The molecule has 1 aliphatic heterocycles. The lowest BCUT2D eigenvalue weighted by atomic mass is 9.81. The van der Waals surface area contributed by atoms with Gasteiger partial charge in [0.15, 0.2) is 0 Å². The molecule has 1 fully saturated rings. The van der Waals surface area contributed by atoms with Crippen molar-refractivity contribution in [1.29, 1.82) is 0 Å². The minimum absolute atomic E-state index is 0.0580. The fraction of sp³-hybridized carbons (Fsp3) is 0.600. The topological polar surface area (TPSA) is 57.6 Å². The first kappa shape index (κ1) is 18.5. The Morgan fingerprint density at radius 2 is 1.75 bits per heavy atom. The Kier molecular flexibility index (Phi) is 5.68. The molecule has 2 rings (SSSR count). The number of amides is 1. The summed E-state index contributed by atoms with van der Waals surface area (Å²) in [5, 5.41) is 9.39. The van der Waals surface area contributed by atoms with Crippen LogP contribution in [0.2, 0.25) is 0 Å². The van der Waals surface area contributed by atoms with E-state index in [0.717, 1.165) is 12.0 Å². The summed E-state index contributed by atoms with van der Waals surface area (Å²) in [5.74, 6) is -0.116. The van der Waals surface area contributed by atoms with Crippen LogP contribution in [0.3, 0.4) is 0 Å². The summed E-state index contributed by atoms with van der Waals surface area (Å²) in [6, 6.07) is 8.46. The van der Waals surface area contributed by atoms with E-state index in [1.165, 1.54) is 5.56 Å². The highest BCUT2D eigenvalue weighted by Crippen LogP contribution is 2.31. The fourth-order valence-electron chi connectivity index (χ4n) is 3.35.